The van der Waals surface area contributed by atoms with Gasteiger partial charge < -0.3 is 4.42 Å². The standard InChI is InChI=1S/C12H13FO/c1-12(2,3)11-10(13)8-6-4-5-7-9(8)14-11/h4-7H,1-3H3. The molecule has 2 rings (SSSR count). The molecule has 0 aliphatic carbocycles. The Kier molecular flexibility index (Phi) is 1.88. The highest BCUT2D eigenvalue weighted by atomic mass is 19.1. The highest BCUT2D eigenvalue weighted by molar-refractivity contribution is 5.78. The van der Waals surface area contributed by atoms with Crippen molar-refractivity contribution in [1.29, 1.82) is 0 Å². The monoisotopic (exact) mass is 192 g/mol. The van der Waals surface area contributed by atoms with Gasteiger partial charge in [-0.05, 0) is 12.1 Å². The van der Waals surface area contributed by atoms with Crippen molar-refractivity contribution in [2.45, 2.75) is 26.2 Å². The number of benzene rings is 1. The molecule has 0 fully saturated rings. The lowest BCUT2D eigenvalue weighted by atomic mass is 9.93. The van der Waals surface area contributed by atoms with E-state index >= 15 is 0 Å². The molecule has 0 N–H and O–H groups in total. The summed E-state index contributed by atoms with van der Waals surface area (Å²) in [7, 11) is 0. The van der Waals surface area contributed by atoms with E-state index in [4.69, 9.17) is 4.42 Å². The van der Waals surface area contributed by atoms with Crippen molar-refractivity contribution >= 4 is 11.0 Å². The van der Waals surface area contributed by atoms with Crippen molar-refractivity contribution < 1.29 is 8.81 Å². The zero-order valence-electron chi connectivity index (χ0n) is 8.60. The molecular formula is C12H13FO. The number of hydrogen-bond donors (Lipinski definition) is 0. The van der Waals surface area contributed by atoms with Crippen LogP contribution in [0.1, 0.15) is 26.5 Å². The highest BCUT2D eigenvalue weighted by Crippen LogP contribution is 2.32. The van der Waals surface area contributed by atoms with Gasteiger partial charge in [-0.1, -0.05) is 32.9 Å². The number of furan rings is 1. The van der Waals surface area contributed by atoms with Crippen molar-refractivity contribution in [2.75, 3.05) is 0 Å². The van der Waals surface area contributed by atoms with Crippen LogP contribution >= 0.6 is 0 Å². The Balaban J connectivity index is 2.75. The second-order valence-corrected chi connectivity index (χ2v) is 4.49. The maximum Gasteiger partial charge on any atom is 0.172 e. The first-order valence-electron chi connectivity index (χ1n) is 4.67. The fraction of sp³-hybridized carbons (Fsp3) is 0.333. The average Bonchev–Trinajstić information content (AvgIpc) is 2.44. The summed E-state index contributed by atoms with van der Waals surface area (Å²) in [5, 5.41) is 0.567. The zero-order valence-corrected chi connectivity index (χ0v) is 8.60. The lowest BCUT2D eigenvalue weighted by molar-refractivity contribution is 0.397. The predicted octanol–water partition coefficient (Wildman–Crippen LogP) is 3.87. The van der Waals surface area contributed by atoms with Gasteiger partial charge in [0.15, 0.2) is 5.82 Å². The fourth-order valence-corrected chi connectivity index (χ4v) is 1.50. The maximum atomic E-state index is 13.8. The Bertz CT molecular complexity index is 463. The summed E-state index contributed by atoms with van der Waals surface area (Å²) in [6, 6.07) is 7.18. The molecule has 0 saturated carbocycles. The number of rotatable bonds is 0. The molecule has 0 spiro atoms. The molecule has 0 saturated heterocycles. The first kappa shape index (κ1) is 9.25. The van der Waals surface area contributed by atoms with E-state index in [-0.39, 0.29) is 11.2 Å². The summed E-state index contributed by atoms with van der Waals surface area (Å²) in [6.07, 6.45) is 0. The molecule has 1 aromatic heterocycles. The van der Waals surface area contributed by atoms with E-state index in [1.165, 1.54) is 0 Å². The van der Waals surface area contributed by atoms with Crippen LogP contribution in [0.3, 0.4) is 0 Å². The average molecular weight is 192 g/mol. The topological polar surface area (TPSA) is 13.1 Å². The molecule has 2 aromatic rings. The normalized spacial score (nSPS) is 12.3. The van der Waals surface area contributed by atoms with Gasteiger partial charge in [-0.15, -0.1) is 0 Å². The molecule has 0 bridgehead atoms. The lowest BCUT2D eigenvalue weighted by Crippen LogP contribution is -2.11. The van der Waals surface area contributed by atoms with Crippen LogP contribution < -0.4 is 0 Å². The van der Waals surface area contributed by atoms with Gasteiger partial charge in [0.05, 0.1) is 5.39 Å². The van der Waals surface area contributed by atoms with Crippen LogP contribution in [-0.4, -0.2) is 0 Å². The van der Waals surface area contributed by atoms with Gasteiger partial charge in [0.1, 0.15) is 11.3 Å². The zero-order chi connectivity index (χ0) is 10.3. The van der Waals surface area contributed by atoms with Crippen molar-refractivity contribution in [3.63, 3.8) is 0 Å². The molecule has 74 valence electrons. The third-order valence-corrected chi connectivity index (χ3v) is 2.22. The quantitative estimate of drug-likeness (QED) is 0.617. The van der Waals surface area contributed by atoms with E-state index in [9.17, 15) is 4.39 Å². The summed E-state index contributed by atoms with van der Waals surface area (Å²) >= 11 is 0. The van der Waals surface area contributed by atoms with Crippen LogP contribution in [0.25, 0.3) is 11.0 Å². The van der Waals surface area contributed by atoms with Crippen LogP contribution in [0.5, 0.6) is 0 Å². The van der Waals surface area contributed by atoms with Gasteiger partial charge in [-0.3, -0.25) is 0 Å². The van der Waals surface area contributed by atoms with Gasteiger partial charge >= 0.3 is 0 Å². The molecule has 0 unspecified atom stereocenters. The molecule has 1 nitrogen and oxygen atoms in total. The second-order valence-electron chi connectivity index (χ2n) is 4.49. The smallest absolute Gasteiger partial charge is 0.172 e. The Morgan fingerprint density at radius 1 is 1.14 bits per heavy atom. The molecule has 14 heavy (non-hydrogen) atoms. The lowest BCUT2D eigenvalue weighted by Gasteiger charge is -2.14. The highest BCUT2D eigenvalue weighted by Gasteiger charge is 2.25. The van der Waals surface area contributed by atoms with E-state index in [0.717, 1.165) is 0 Å². The Morgan fingerprint density at radius 3 is 2.36 bits per heavy atom. The third kappa shape index (κ3) is 1.31. The molecule has 0 aliphatic heterocycles. The molecule has 0 radical (unpaired) electrons. The van der Waals surface area contributed by atoms with Crippen molar-refractivity contribution in [1.82, 2.24) is 0 Å². The number of fused-ring (bicyclic) bond motifs is 1. The second kappa shape index (κ2) is 2.84. The van der Waals surface area contributed by atoms with Gasteiger partial charge in [0.2, 0.25) is 0 Å². The molecule has 1 aromatic carbocycles. The van der Waals surface area contributed by atoms with Crippen LogP contribution in [-0.2, 0) is 5.41 Å². The molecular weight excluding hydrogens is 179 g/mol. The first-order valence-corrected chi connectivity index (χ1v) is 4.67. The Morgan fingerprint density at radius 2 is 1.79 bits per heavy atom. The largest absolute Gasteiger partial charge is 0.457 e. The van der Waals surface area contributed by atoms with Crippen molar-refractivity contribution in [3.8, 4) is 0 Å². The van der Waals surface area contributed by atoms with Crippen molar-refractivity contribution in [3.05, 3.63) is 35.8 Å². The van der Waals surface area contributed by atoms with E-state index in [2.05, 4.69) is 0 Å². The van der Waals surface area contributed by atoms with Gasteiger partial charge in [-0.25, -0.2) is 4.39 Å². The molecule has 0 amide bonds. The molecule has 2 heteroatoms. The minimum atomic E-state index is -0.289. The molecule has 1 heterocycles. The van der Waals surface area contributed by atoms with E-state index in [1.807, 2.05) is 32.9 Å². The predicted molar refractivity (Wildman–Crippen MR) is 54.9 cm³/mol. The number of halogens is 1. The van der Waals surface area contributed by atoms with E-state index in [0.29, 0.717) is 16.7 Å². The number of hydrogen-bond acceptors (Lipinski definition) is 1. The van der Waals surface area contributed by atoms with Gasteiger partial charge in [-0.2, -0.15) is 0 Å². The Hall–Kier alpha value is -1.31. The number of para-hydroxylation sites is 1. The minimum Gasteiger partial charge on any atom is -0.457 e. The summed E-state index contributed by atoms with van der Waals surface area (Å²) in [4.78, 5) is 0. The summed E-state index contributed by atoms with van der Waals surface area (Å²) in [6.45, 7) is 5.81. The van der Waals surface area contributed by atoms with Gasteiger partial charge in [0, 0.05) is 5.41 Å². The minimum absolute atomic E-state index is 0.229. The first-order chi connectivity index (χ1) is 6.50. The summed E-state index contributed by atoms with van der Waals surface area (Å²) in [5.41, 5.74) is 0.332. The SMILES string of the molecule is CC(C)(C)c1oc2ccccc2c1F. The van der Waals surface area contributed by atoms with Gasteiger partial charge in [0.25, 0.3) is 0 Å². The Labute approximate surface area is 82.5 Å². The molecule has 0 atom stereocenters. The van der Waals surface area contributed by atoms with Crippen molar-refractivity contribution in [2.24, 2.45) is 0 Å². The fourth-order valence-electron chi connectivity index (χ4n) is 1.50. The van der Waals surface area contributed by atoms with Crippen LogP contribution in [0.2, 0.25) is 0 Å². The van der Waals surface area contributed by atoms with Crippen LogP contribution in [0.15, 0.2) is 28.7 Å². The van der Waals surface area contributed by atoms with Crippen LogP contribution in [0.4, 0.5) is 4.39 Å². The summed E-state index contributed by atoms with van der Waals surface area (Å²) in [5.74, 6) is 0.201. The summed E-state index contributed by atoms with van der Waals surface area (Å²) < 4.78 is 19.3. The maximum absolute atomic E-state index is 13.8. The van der Waals surface area contributed by atoms with E-state index in [1.54, 1.807) is 12.1 Å². The van der Waals surface area contributed by atoms with E-state index < -0.39 is 0 Å². The third-order valence-electron chi connectivity index (χ3n) is 2.22. The molecule has 0 aliphatic rings. The van der Waals surface area contributed by atoms with Crippen LogP contribution in [0, 0.1) is 5.82 Å².